The number of hydrogen-bond acceptors (Lipinski definition) is 4. The number of ether oxygens (including phenoxy) is 2. The van der Waals surface area contributed by atoms with Crippen molar-refractivity contribution in [2.45, 2.75) is 19.3 Å². The molecule has 0 radical (unpaired) electrons. The number of rotatable bonds is 10. The summed E-state index contributed by atoms with van der Waals surface area (Å²) in [5, 5.41) is 0. The quantitative estimate of drug-likeness (QED) is 0.480. The maximum atomic E-state index is 5.31. The molecule has 13 heavy (non-hydrogen) atoms. The van der Waals surface area contributed by atoms with Crippen molar-refractivity contribution < 1.29 is 9.47 Å². The van der Waals surface area contributed by atoms with Crippen LogP contribution in [0.5, 0.6) is 0 Å². The third-order valence-corrected chi connectivity index (χ3v) is 1.56. The summed E-state index contributed by atoms with van der Waals surface area (Å²) in [6.45, 7) is 4.46. The van der Waals surface area contributed by atoms with Crippen LogP contribution < -0.4 is 11.5 Å². The fourth-order valence-electron chi connectivity index (χ4n) is 0.838. The summed E-state index contributed by atoms with van der Waals surface area (Å²) < 4.78 is 10.6. The zero-order chi connectivity index (χ0) is 9.78. The van der Waals surface area contributed by atoms with Crippen LogP contribution in [0.4, 0.5) is 0 Å². The smallest absolute Gasteiger partial charge is 0.0487 e. The van der Waals surface area contributed by atoms with E-state index >= 15 is 0 Å². The van der Waals surface area contributed by atoms with Crippen LogP contribution in [0.15, 0.2) is 0 Å². The van der Waals surface area contributed by atoms with Gasteiger partial charge in [-0.1, -0.05) is 0 Å². The molecule has 4 nitrogen and oxygen atoms in total. The topological polar surface area (TPSA) is 70.5 Å². The Morgan fingerprint density at radius 2 is 1.00 bits per heavy atom. The average Bonchev–Trinajstić information content (AvgIpc) is 2.16. The Morgan fingerprint density at radius 1 is 0.615 bits per heavy atom. The SMILES string of the molecule is NCCCOCCCOCCCN. The Morgan fingerprint density at radius 3 is 1.38 bits per heavy atom. The fraction of sp³-hybridized carbons (Fsp3) is 1.00. The summed E-state index contributed by atoms with van der Waals surface area (Å²) in [5.41, 5.74) is 10.6. The molecule has 0 unspecified atom stereocenters. The van der Waals surface area contributed by atoms with E-state index in [9.17, 15) is 0 Å². The maximum Gasteiger partial charge on any atom is 0.0487 e. The van der Waals surface area contributed by atoms with Gasteiger partial charge in [0.05, 0.1) is 0 Å². The molecule has 4 heteroatoms. The van der Waals surface area contributed by atoms with E-state index in [1.165, 1.54) is 0 Å². The third kappa shape index (κ3) is 11.8. The van der Waals surface area contributed by atoms with E-state index in [0.717, 1.165) is 45.7 Å². The summed E-state index contributed by atoms with van der Waals surface area (Å²) in [6, 6.07) is 0. The zero-order valence-electron chi connectivity index (χ0n) is 8.34. The van der Waals surface area contributed by atoms with Gasteiger partial charge in [0.2, 0.25) is 0 Å². The van der Waals surface area contributed by atoms with E-state index in [1.807, 2.05) is 0 Å². The molecule has 0 saturated carbocycles. The fourth-order valence-corrected chi connectivity index (χ4v) is 0.838. The molecule has 0 aromatic carbocycles. The van der Waals surface area contributed by atoms with Crippen LogP contribution in [-0.4, -0.2) is 39.5 Å². The van der Waals surface area contributed by atoms with Crippen LogP contribution in [0, 0.1) is 0 Å². The molecule has 0 heterocycles. The average molecular weight is 190 g/mol. The molecule has 80 valence electrons. The van der Waals surface area contributed by atoms with Gasteiger partial charge < -0.3 is 20.9 Å². The largest absolute Gasteiger partial charge is 0.381 e. The minimum atomic E-state index is 0.701. The molecular formula is C9H22N2O2. The molecule has 4 N–H and O–H groups in total. The molecule has 0 bridgehead atoms. The van der Waals surface area contributed by atoms with Crippen molar-refractivity contribution in [1.29, 1.82) is 0 Å². The second-order valence-electron chi connectivity index (χ2n) is 2.86. The van der Waals surface area contributed by atoms with Gasteiger partial charge in [-0.3, -0.25) is 0 Å². The van der Waals surface area contributed by atoms with Crippen LogP contribution in [0.1, 0.15) is 19.3 Å². The highest BCUT2D eigenvalue weighted by Crippen LogP contribution is 1.87. The molecule has 0 aliphatic rings. The Labute approximate surface area is 80.6 Å². The Bertz CT molecular complexity index is 81.7. The van der Waals surface area contributed by atoms with Gasteiger partial charge in [0.15, 0.2) is 0 Å². The van der Waals surface area contributed by atoms with Crippen molar-refractivity contribution in [3.63, 3.8) is 0 Å². The second kappa shape index (κ2) is 11.8. The van der Waals surface area contributed by atoms with Gasteiger partial charge in [-0.05, 0) is 32.4 Å². The lowest BCUT2D eigenvalue weighted by Crippen LogP contribution is -2.08. The van der Waals surface area contributed by atoms with Crippen LogP contribution in [0.25, 0.3) is 0 Å². The lowest BCUT2D eigenvalue weighted by molar-refractivity contribution is 0.0820. The lowest BCUT2D eigenvalue weighted by Gasteiger charge is -2.04. The van der Waals surface area contributed by atoms with E-state index in [0.29, 0.717) is 13.1 Å². The number of hydrogen-bond donors (Lipinski definition) is 2. The maximum absolute atomic E-state index is 5.31. The van der Waals surface area contributed by atoms with Crippen LogP contribution in [0.3, 0.4) is 0 Å². The first-order valence-corrected chi connectivity index (χ1v) is 4.97. The molecule has 0 aliphatic heterocycles. The molecule has 0 fully saturated rings. The van der Waals surface area contributed by atoms with Gasteiger partial charge in [0, 0.05) is 26.4 Å². The Kier molecular flexibility index (Phi) is 11.7. The summed E-state index contributed by atoms with van der Waals surface area (Å²) in [4.78, 5) is 0. The highest BCUT2D eigenvalue weighted by atomic mass is 16.5. The molecule has 0 aliphatic carbocycles. The molecule has 0 saturated heterocycles. The molecule has 0 rings (SSSR count). The Balaban J connectivity index is 2.76. The van der Waals surface area contributed by atoms with Gasteiger partial charge >= 0.3 is 0 Å². The van der Waals surface area contributed by atoms with Crippen molar-refractivity contribution in [3.8, 4) is 0 Å². The summed E-state index contributed by atoms with van der Waals surface area (Å²) in [5.74, 6) is 0. The molecule has 0 spiro atoms. The molecule has 0 amide bonds. The minimum absolute atomic E-state index is 0.701. The van der Waals surface area contributed by atoms with Gasteiger partial charge in [-0.25, -0.2) is 0 Å². The van der Waals surface area contributed by atoms with Crippen LogP contribution in [0.2, 0.25) is 0 Å². The van der Waals surface area contributed by atoms with E-state index in [1.54, 1.807) is 0 Å². The summed E-state index contributed by atoms with van der Waals surface area (Å²) in [7, 11) is 0. The minimum Gasteiger partial charge on any atom is -0.381 e. The summed E-state index contributed by atoms with van der Waals surface area (Å²) >= 11 is 0. The normalized spacial score (nSPS) is 10.6. The molecular weight excluding hydrogens is 168 g/mol. The third-order valence-electron chi connectivity index (χ3n) is 1.56. The highest BCUT2D eigenvalue weighted by molar-refractivity contribution is 4.39. The second-order valence-corrected chi connectivity index (χ2v) is 2.86. The Hall–Kier alpha value is -0.160. The lowest BCUT2D eigenvalue weighted by atomic mass is 10.4. The first-order valence-electron chi connectivity index (χ1n) is 4.97. The van der Waals surface area contributed by atoms with E-state index in [4.69, 9.17) is 20.9 Å². The van der Waals surface area contributed by atoms with Gasteiger partial charge in [-0.15, -0.1) is 0 Å². The van der Waals surface area contributed by atoms with E-state index < -0.39 is 0 Å². The first kappa shape index (κ1) is 12.8. The predicted molar refractivity (Wildman–Crippen MR) is 53.6 cm³/mol. The number of nitrogens with two attached hydrogens (primary N) is 2. The highest BCUT2D eigenvalue weighted by Gasteiger charge is 1.89. The monoisotopic (exact) mass is 190 g/mol. The van der Waals surface area contributed by atoms with Crippen molar-refractivity contribution in [2.75, 3.05) is 39.5 Å². The van der Waals surface area contributed by atoms with Gasteiger partial charge in [0.25, 0.3) is 0 Å². The molecule has 0 atom stereocenters. The van der Waals surface area contributed by atoms with Crippen molar-refractivity contribution in [2.24, 2.45) is 11.5 Å². The van der Waals surface area contributed by atoms with Crippen LogP contribution >= 0.6 is 0 Å². The molecule has 0 aromatic rings. The molecule has 0 aromatic heterocycles. The standard InChI is InChI=1S/C9H22N2O2/c10-4-1-6-12-8-3-9-13-7-2-5-11/h1-11H2. The van der Waals surface area contributed by atoms with Gasteiger partial charge in [0.1, 0.15) is 0 Å². The van der Waals surface area contributed by atoms with Crippen molar-refractivity contribution in [3.05, 3.63) is 0 Å². The van der Waals surface area contributed by atoms with Crippen molar-refractivity contribution >= 4 is 0 Å². The predicted octanol–water partition coefficient (Wildman–Crippen LogP) is 0.107. The zero-order valence-corrected chi connectivity index (χ0v) is 8.34. The van der Waals surface area contributed by atoms with Gasteiger partial charge in [-0.2, -0.15) is 0 Å². The van der Waals surface area contributed by atoms with E-state index in [2.05, 4.69) is 0 Å². The first-order chi connectivity index (χ1) is 6.41. The van der Waals surface area contributed by atoms with Crippen molar-refractivity contribution in [1.82, 2.24) is 0 Å². The van der Waals surface area contributed by atoms with Crippen LogP contribution in [-0.2, 0) is 9.47 Å². The van der Waals surface area contributed by atoms with E-state index in [-0.39, 0.29) is 0 Å². The summed E-state index contributed by atoms with van der Waals surface area (Å²) in [6.07, 6.45) is 2.83.